The molecule has 1 amide bonds. The molecule has 1 aromatic heterocycles. The lowest BCUT2D eigenvalue weighted by molar-refractivity contribution is -0.129. The van der Waals surface area contributed by atoms with E-state index in [9.17, 15) is 4.79 Å². The highest BCUT2D eigenvalue weighted by Crippen LogP contribution is 2.35. The van der Waals surface area contributed by atoms with Gasteiger partial charge >= 0.3 is 0 Å². The maximum atomic E-state index is 11.9. The van der Waals surface area contributed by atoms with Crippen LogP contribution >= 0.6 is 11.3 Å². The van der Waals surface area contributed by atoms with E-state index in [1.54, 1.807) is 0 Å². The highest BCUT2D eigenvalue weighted by molar-refractivity contribution is 7.11. The van der Waals surface area contributed by atoms with Crippen molar-refractivity contribution in [1.29, 1.82) is 0 Å². The zero-order valence-corrected chi connectivity index (χ0v) is 14.7. The third kappa shape index (κ3) is 3.32. The number of ether oxygens (including phenoxy) is 1. The molecule has 0 N–H and O–H groups in total. The maximum absolute atomic E-state index is 11.9. The Bertz CT molecular complexity index is 573. The van der Waals surface area contributed by atoms with E-state index >= 15 is 0 Å². The highest BCUT2D eigenvalue weighted by Gasteiger charge is 2.42. The molecular formula is C18H26N2O2S. The summed E-state index contributed by atoms with van der Waals surface area (Å²) in [6.07, 6.45) is 3.23. The van der Waals surface area contributed by atoms with E-state index in [4.69, 9.17) is 4.74 Å². The Morgan fingerprint density at radius 2 is 2.26 bits per heavy atom. The number of rotatable bonds is 4. The van der Waals surface area contributed by atoms with Gasteiger partial charge in [-0.25, -0.2) is 0 Å². The lowest BCUT2D eigenvalue weighted by Crippen LogP contribution is -2.45. The Hall–Kier alpha value is -0.910. The fraction of sp³-hybridized carbons (Fsp3) is 0.722. The molecule has 3 aliphatic rings. The van der Waals surface area contributed by atoms with Crippen molar-refractivity contribution >= 4 is 17.2 Å². The SMILES string of the molecule is Cc1ccc(CN2CC[C@@H]3CO[C@@H](CN4CCCC4=O)[C@@H]3C2)s1. The fourth-order valence-corrected chi connectivity index (χ4v) is 5.27. The lowest BCUT2D eigenvalue weighted by atomic mass is 9.84. The normalized spacial score (nSPS) is 31.8. The minimum absolute atomic E-state index is 0.245. The molecule has 3 fully saturated rings. The zero-order valence-electron chi connectivity index (χ0n) is 13.9. The van der Waals surface area contributed by atoms with Gasteiger partial charge in [-0.05, 0) is 44.4 Å². The number of piperidine rings is 1. The van der Waals surface area contributed by atoms with Gasteiger partial charge in [-0.1, -0.05) is 0 Å². The van der Waals surface area contributed by atoms with Crippen molar-refractivity contribution in [2.24, 2.45) is 11.8 Å². The van der Waals surface area contributed by atoms with Crippen LogP contribution in [0.4, 0.5) is 0 Å². The quantitative estimate of drug-likeness (QED) is 0.848. The van der Waals surface area contributed by atoms with E-state index in [1.165, 1.54) is 22.7 Å². The Labute approximate surface area is 142 Å². The molecule has 0 aliphatic carbocycles. The first-order valence-corrected chi connectivity index (χ1v) is 9.68. The molecule has 0 spiro atoms. The molecule has 3 atom stereocenters. The van der Waals surface area contributed by atoms with E-state index in [0.717, 1.165) is 45.6 Å². The van der Waals surface area contributed by atoms with Gasteiger partial charge in [0.05, 0.1) is 12.7 Å². The van der Waals surface area contributed by atoms with Crippen molar-refractivity contribution in [2.75, 3.05) is 32.8 Å². The van der Waals surface area contributed by atoms with Gasteiger partial charge in [0.25, 0.3) is 0 Å². The molecular weight excluding hydrogens is 308 g/mol. The number of likely N-dealkylation sites (tertiary alicyclic amines) is 2. The number of thiophene rings is 1. The van der Waals surface area contributed by atoms with E-state index < -0.39 is 0 Å². The molecule has 5 heteroatoms. The van der Waals surface area contributed by atoms with Crippen LogP contribution in [0.1, 0.15) is 29.0 Å². The van der Waals surface area contributed by atoms with Crippen LogP contribution in [0.25, 0.3) is 0 Å². The summed E-state index contributed by atoms with van der Waals surface area (Å²) in [5.74, 6) is 1.61. The molecule has 0 saturated carbocycles. The molecule has 126 valence electrons. The Kier molecular flexibility index (Phi) is 4.43. The molecule has 0 unspecified atom stereocenters. The second kappa shape index (κ2) is 6.54. The van der Waals surface area contributed by atoms with Gasteiger partial charge < -0.3 is 9.64 Å². The van der Waals surface area contributed by atoms with Crippen LogP contribution < -0.4 is 0 Å². The predicted molar refractivity (Wildman–Crippen MR) is 91.5 cm³/mol. The highest BCUT2D eigenvalue weighted by atomic mass is 32.1. The van der Waals surface area contributed by atoms with Gasteiger partial charge in [0.2, 0.25) is 5.91 Å². The minimum atomic E-state index is 0.245. The summed E-state index contributed by atoms with van der Waals surface area (Å²) >= 11 is 1.91. The van der Waals surface area contributed by atoms with Gasteiger partial charge in [0.15, 0.2) is 0 Å². The topological polar surface area (TPSA) is 32.8 Å². The van der Waals surface area contributed by atoms with Gasteiger partial charge in [-0.2, -0.15) is 0 Å². The zero-order chi connectivity index (χ0) is 15.8. The first-order chi connectivity index (χ1) is 11.2. The van der Waals surface area contributed by atoms with Crippen LogP contribution in [-0.2, 0) is 16.1 Å². The molecule has 4 nitrogen and oxygen atoms in total. The first-order valence-electron chi connectivity index (χ1n) is 8.86. The number of carbonyl (C=O) groups is 1. The van der Waals surface area contributed by atoms with Crippen molar-refractivity contribution in [3.63, 3.8) is 0 Å². The minimum Gasteiger partial charge on any atom is -0.376 e. The number of fused-ring (bicyclic) bond motifs is 1. The van der Waals surface area contributed by atoms with E-state index in [2.05, 4.69) is 24.0 Å². The maximum Gasteiger partial charge on any atom is 0.222 e. The summed E-state index contributed by atoms with van der Waals surface area (Å²) in [6.45, 7) is 8.17. The van der Waals surface area contributed by atoms with Crippen molar-refractivity contribution in [2.45, 2.75) is 38.8 Å². The standard InChI is InChI=1S/C18H26N2O2S/c1-13-4-5-15(23-13)9-19-8-6-14-12-22-17(16(14)10-19)11-20-7-2-3-18(20)21/h4-5,14,16-17H,2-3,6-12H2,1H3/t14-,16-,17+/m1/s1. The van der Waals surface area contributed by atoms with E-state index in [1.807, 2.05) is 16.2 Å². The Balaban J connectivity index is 1.37. The summed E-state index contributed by atoms with van der Waals surface area (Å²) in [7, 11) is 0. The van der Waals surface area contributed by atoms with Gasteiger partial charge in [0, 0.05) is 48.3 Å². The second-order valence-electron chi connectivity index (χ2n) is 7.28. The largest absolute Gasteiger partial charge is 0.376 e. The number of hydrogen-bond acceptors (Lipinski definition) is 4. The molecule has 3 aliphatic heterocycles. The van der Waals surface area contributed by atoms with Crippen molar-refractivity contribution in [3.05, 3.63) is 21.9 Å². The molecule has 4 heterocycles. The molecule has 4 rings (SSSR count). The van der Waals surface area contributed by atoms with Crippen LogP contribution in [0.3, 0.4) is 0 Å². The average molecular weight is 334 g/mol. The van der Waals surface area contributed by atoms with Crippen LogP contribution in [0.2, 0.25) is 0 Å². The molecule has 23 heavy (non-hydrogen) atoms. The summed E-state index contributed by atoms with van der Waals surface area (Å²) in [4.78, 5) is 19.4. The fourth-order valence-electron chi connectivity index (χ4n) is 4.34. The van der Waals surface area contributed by atoms with Crippen molar-refractivity contribution in [1.82, 2.24) is 9.80 Å². The number of hydrogen-bond donors (Lipinski definition) is 0. The lowest BCUT2D eigenvalue weighted by Gasteiger charge is -2.36. The van der Waals surface area contributed by atoms with Gasteiger partial charge in [0.1, 0.15) is 0 Å². The smallest absolute Gasteiger partial charge is 0.222 e. The summed E-state index contributed by atoms with van der Waals surface area (Å²) in [6, 6.07) is 4.48. The van der Waals surface area contributed by atoms with Crippen LogP contribution in [0.15, 0.2) is 12.1 Å². The van der Waals surface area contributed by atoms with E-state index in [0.29, 0.717) is 17.7 Å². The van der Waals surface area contributed by atoms with Crippen molar-refractivity contribution in [3.8, 4) is 0 Å². The number of amides is 1. The monoisotopic (exact) mass is 334 g/mol. The van der Waals surface area contributed by atoms with Gasteiger partial charge in [-0.15, -0.1) is 11.3 Å². The van der Waals surface area contributed by atoms with Crippen molar-refractivity contribution < 1.29 is 9.53 Å². The first kappa shape index (κ1) is 15.6. The molecule has 3 saturated heterocycles. The van der Waals surface area contributed by atoms with Crippen LogP contribution in [0.5, 0.6) is 0 Å². The third-order valence-corrected chi connectivity index (χ3v) is 6.63. The number of nitrogens with zero attached hydrogens (tertiary/aromatic N) is 2. The Morgan fingerprint density at radius 1 is 1.35 bits per heavy atom. The molecule has 0 aromatic carbocycles. The summed E-state index contributed by atoms with van der Waals surface area (Å²) in [5, 5.41) is 0. The second-order valence-corrected chi connectivity index (χ2v) is 8.65. The van der Waals surface area contributed by atoms with Crippen LogP contribution in [0, 0.1) is 18.8 Å². The molecule has 0 bridgehead atoms. The predicted octanol–water partition coefficient (Wildman–Crippen LogP) is 2.52. The van der Waals surface area contributed by atoms with Crippen LogP contribution in [-0.4, -0.2) is 54.6 Å². The Morgan fingerprint density at radius 3 is 3.00 bits per heavy atom. The third-order valence-electron chi connectivity index (χ3n) is 5.64. The average Bonchev–Trinajstić information content (AvgIpc) is 3.23. The number of carbonyl (C=O) groups excluding carboxylic acids is 1. The number of aryl methyl sites for hydroxylation is 1. The molecule has 0 radical (unpaired) electrons. The molecule has 1 aromatic rings. The van der Waals surface area contributed by atoms with Gasteiger partial charge in [-0.3, -0.25) is 9.69 Å². The summed E-state index contributed by atoms with van der Waals surface area (Å²) in [5.41, 5.74) is 0. The van der Waals surface area contributed by atoms with E-state index in [-0.39, 0.29) is 6.10 Å². The summed E-state index contributed by atoms with van der Waals surface area (Å²) < 4.78 is 6.09.